The van der Waals surface area contributed by atoms with Crippen LogP contribution in [0.4, 0.5) is 4.39 Å². The van der Waals surface area contributed by atoms with Gasteiger partial charge in [-0.2, -0.15) is 0 Å². The topological polar surface area (TPSA) is 46.5 Å². The Bertz CT molecular complexity index is 553. The second-order valence-corrected chi connectivity index (χ2v) is 3.76. The molecular weight excluding hydrogens is 259 g/mol. The summed E-state index contributed by atoms with van der Waals surface area (Å²) in [6, 6.07) is 12.8. The highest BCUT2D eigenvalue weighted by Gasteiger charge is 2.07. The number of carboxylic acids is 1. The number of carboxylic acid groups (broad SMARTS) is 1. The summed E-state index contributed by atoms with van der Waals surface area (Å²) in [5, 5.41) is 8.80. The van der Waals surface area contributed by atoms with Crippen LogP contribution in [0.3, 0.4) is 0 Å². The first-order valence-corrected chi connectivity index (χ1v) is 6.36. The van der Waals surface area contributed by atoms with Crippen molar-refractivity contribution in [3.63, 3.8) is 0 Å². The highest BCUT2D eigenvalue weighted by atomic mass is 19.1. The van der Waals surface area contributed by atoms with Crippen LogP contribution in [0, 0.1) is 5.82 Å². The van der Waals surface area contributed by atoms with Gasteiger partial charge in [0.05, 0.1) is 5.56 Å². The van der Waals surface area contributed by atoms with Crippen LogP contribution < -0.4 is 4.74 Å². The van der Waals surface area contributed by atoms with Crippen LogP contribution in [0.15, 0.2) is 48.5 Å². The van der Waals surface area contributed by atoms with Crippen molar-refractivity contribution >= 4 is 5.97 Å². The summed E-state index contributed by atoms with van der Waals surface area (Å²) in [6.45, 7) is 4.27. The molecule has 0 atom stereocenters. The fourth-order valence-electron chi connectivity index (χ4n) is 1.51. The Hall–Kier alpha value is -2.36. The lowest BCUT2D eigenvalue weighted by molar-refractivity contribution is 0.0695. The molecule has 3 nitrogen and oxygen atoms in total. The fourth-order valence-corrected chi connectivity index (χ4v) is 1.51. The van der Waals surface area contributed by atoms with Crippen molar-refractivity contribution in [2.24, 2.45) is 0 Å². The van der Waals surface area contributed by atoms with Gasteiger partial charge >= 0.3 is 5.97 Å². The predicted octanol–water partition coefficient (Wildman–Crippen LogP) is 4.13. The molecule has 0 aliphatic heterocycles. The van der Waals surface area contributed by atoms with Crippen molar-refractivity contribution in [3.8, 4) is 5.75 Å². The molecule has 0 radical (unpaired) electrons. The van der Waals surface area contributed by atoms with Crippen LogP contribution in [-0.4, -0.2) is 11.1 Å². The molecule has 0 amide bonds. The molecule has 0 saturated carbocycles. The van der Waals surface area contributed by atoms with Crippen molar-refractivity contribution in [1.82, 2.24) is 0 Å². The molecule has 2 rings (SSSR count). The quantitative estimate of drug-likeness (QED) is 0.913. The smallest absolute Gasteiger partial charge is 0.335 e. The van der Waals surface area contributed by atoms with Crippen molar-refractivity contribution in [2.75, 3.05) is 0 Å². The van der Waals surface area contributed by atoms with E-state index in [0.717, 1.165) is 17.7 Å². The molecule has 4 heteroatoms. The van der Waals surface area contributed by atoms with Crippen LogP contribution in [-0.2, 0) is 6.61 Å². The first kappa shape index (κ1) is 15.7. The number of halogens is 1. The number of carbonyl (C=O) groups is 1. The Balaban J connectivity index is 0.000000956. The van der Waals surface area contributed by atoms with E-state index in [9.17, 15) is 9.18 Å². The third kappa shape index (κ3) is 4.72. The molecule has 0 bridgehead atoms. The lowest BCUT2D eigenvalue weighted by Gasteiger charge is -2.07. The van der Waals surface area contributed by atoms with Crippen LogP contribution in [0.1, 0.15) is 29.8 Å². The molecule has 0 heterocycles. The van der Waals surface area contributed by atoms with Gasteiger partial charge in [-0.1, -0.05) is 44.2 Å². The summed E-state index contributed by atoms with van der Waals surface area (Å²) >= 11 is 0. The van der Waals surface area contributed by atoms with E-state index in [1.807, 2.05) is 44.2 Å². The Morgan fingerprint density at radius 2 is 1.80 bits per heavy atom. The monoisotopic (exact) mass is 276 g/mol. The first-order valence-electron chi connectivity index (χ1n) is 6.36. The van der Waals surface area contributed by atoms with Gasteiger partial charge in [-0.15, -0.1) is 0 Å². The molecule has 0 aliphatic carbocycles. The molecule has 0 aliphatic rings. The molecule has 0 aromatic heterocycles. The van der Waals surface area contributed by atoms with Gasteiger partial charge in [0.1, 0.15) is 18.2 Å². The van der Waals surface area contributed by atoms with E-state index < -0.39 is 11.8 Å². The lowest BCUT2D eigenvalue weighted by atomic mass is 10.2. The number of ether oxygens (including phenoxy) is 1. The minimum atomic E-state index is -1.18. The number of benzene rings is 2. The maximum Gasteiger partial charge on any atom is 0.335 e. The number of hydrogen-bond acceptors (Lipinski definition) is 2. The largest absolute Gasteiger partial charge is 0.489 e. The lowest BCUT2D eigenvalue weighted by Crippen LogP contribution is -2.00. The van der Waals surface area contributed by atoms with Gasteiger partial charge < -0.3 is 9.84 Å². The second-order valence-electron chi connectivity index (χ2n) is 3.76. The predicted molar refractivity (Wildman–Crippen MR) is 75.5 cm³/mol. The maximum absolute atomic E-state index is 13.2. The van der Waals surface area contributed by atoms with Crippen molar-refractivity contribution in [2.45, 2.75) is 20.5 Å². The Morgan fingerprint density at radius 1 is 1.15 bits per heavy atom. The van der Waals surface area contributed by atoms with Crippen molar-refractivity contribution < 1.29 is 19.0 Å². The van der Waals surface area contributed by atoms with Gasteiger partial charge in [0.25, 0.3) is 0 Å². The van der Waals surface area contributed by atoms with Crippen LogP contribution >= 0.6 is 0 Å². The molecule has 106 valence electrons. The van der Waals surface area contributed by atoms with Gasteiger partial charge in [-0.05, 0) is 17.7 Å². The summed E-state index contributed by atoms with van der Waals surface area (Å²) in [5.74, 6) is -1.60. The number of aromatic carboxylic acids is 1. The van der Waals surface area contributed by atoms with Gasteiger partial charge in [0, 0.05) is 6.07 Å². The second kappa shape index (κ2) is 7.94. The number of hydrogen-bond donors (Lipinski definition) is 1. The van der Waals surface area contributed by atoms with Crippen molar-refractivity contribution in [3.05, 3.63) is 65.5 Å². The van der Waals surface area contributed by atoms with Gasteiger partial charge in [0.2, 0.25) is 0 Å². The standard InChI is InChI=1S/C14H11FO3.C2H6/c15-12-6-11(14(16)17)7-13(8-12)18-9-10-4-2-1-3-5-10;1-2/h1-8H,9H2,(H,16,17);1-2H3. The molecule has 0 saturated heterocycles. The van der Waals surface area contributed by atoms with Crippen molar-refractivity contribution in [1.29, 1.82) is 0 Å². The van der Waals surface area contributed by atoms with E-state index in [-0.39, 0.29) is 17.9 Å². The van der Waals surface area contributed by atoms with Gasteiger partial charge in [-0.25, -0.2) is 9.18 Å². The Kier molecular flexibility index (Phi) is 6.23. The minimum absolute atomic E-state index is 0.127. The fraction of sp³-hybridized carbons (Fsp3) is 0.188. The Morgan fingerprint density at radius 3 is 2.40 bits per heavy atom. The van der Waals surface area contributed by atoms with E-state index in [2.05, 4.69) is 0 Å². The molecule has 0 unspecified atom stereocenters. The van der Waals surface area contributed by atoms with Gasteiger partial charge in [-0.3, -0.25) is 0 Å². The third-order valence-electron chi connectivity index (χ3n) is 2.37. The SMILES string of the molecule is CC.O=C(O)c1cc(F)cc(OCc2ccccc2)c1. The molecule has 1 N–H and O–H groups in total. The molecule has 0 spiro atoms. The van der Waals surface area contributed by atoms with E-state index in [1.54, 1.807) is 0 Å². The summed E-state index contributed by atoms with van der Waals surface area (Å²) in [6.07, 6.45) is 0. The highest BCUT2D eigenvalue weighted by molar-refractivity contribution is 5.88. The summed E-state index contributed by atoms with van der Waals surface area (Å²) in [7, 11) is 0. The zero-order valence-electron chi connectivity index (χ0n) is 11.5. The Labute approximate surface area is 117 Å². The van der Waals surface area contributed by atoms with E-state index >= 15 is 0 Å². The normalized spacial score (nSPS) is 9.35. The first-order chi connectivity index (χ1) is 9.65. The van der Waals surface area contributed by atoms with Crippen LogP contribution in [0.2, 0.25) is 0 Å². The average molecular weight is 276 g/mol. The summed E-state index contributed by atoms with van der Waals surface area (Å²) < 4.78 is 18.5. The zero-order chi connectivity index (χ0) is 15.0. The summed E-state index contributed by atoms with van der Waals surface area (Å²) in [5.41, 5.74) is 0.802. The molecule has 20 heavy (non-hydrogen) atoms. The zero-order valence-corrected chi connectivity index (χ0v) is 11.5. The van der Waals surface area contributed by atoms with E-state index in [1.165, 1.54) is 6.07 Å². The summed E-state index contributed by atoms with van der Waals surface area (Å²) in [4.78, 5) is 10.8. The number of rotatable bonds is 4. The average Bonchev–Trinajstić information content (AvgIpc) is 2.48. The molecule has 2 aromatic rings. The van der Waals surface area contributed by atoms with Gasteiger partial charge in [0.15, 0.2) is 0 Å². The molecule has 2 aromatic carbocycles. The molecule has 0 fully saturated rings. The maximum atomic E-state index is 13.2. The van der Waals surface area contributed by atoms with Crippen LogP contribution in [0.5, 0.6) is 5.75 Å². The van der Waals surface area contributed by atoms with E-state index in [4.69, 9.17) is 9.84 Å². The van der Waals surface area contributed by atoms with Crippen LogP contribution in [0.25, 0.3) is 0 Å². The van der Waals surface area contributed by atoms with E-state index in [0.29, 0.717) is 0 Å². The minimum Gasteiger partial charge on any atom is -0.489 e. The molecular formula is C16H17FO3. The third-order valence-corrected chi connectivity index (χ3v) is 2.37. The highest BCUT2D eigenvalue weighted by Crippen LogP contribution is 2.18.